The molecule has 0 radical (unpaired) electrons. The molecule has 1 aromatic carbocycles. The van der Waals surface area contributed by atoms with Gasteiger partial charge in [0.15, 0.2) is 0 Å². The molecule has 86 valence electrons. The number of carbonyl (C=O) groups is 1. The van der Waals surface area contributed by atoms with Crippen LogP contribution in [0, 0.1) is 0 Å². The second-order valence-corrected chi connectivity index (χ2v) is 4.03. The summed E-state index contributed by atoms with van der Waals surface area (Å²) in [6, 6.07) is 6.63. The molecule has 5 heteroatoms. The highest BCUT2D eigenvalue weighted by Gasteiger charge is 2.29. The lowest BCUT2D eigenvalue weighted by Gasteiger charge is -2.34. The molecule has 1 aliphatic heterocycles. The van der Waals surface area contributed by atoms with Crippen molar-refractivity contribution in [3.8, 4) is 0 Å². The predicted octanol–water partition coefficient (Wildman–Crippen LogP) is 1.06. The van der Waals surface area contributed by atoms with E-state index in [0.717, 1.165) is 5.69 Å². The highest BCUT2D eigenvalue weighted by atomic mass is 35.5. The molecule has 1 aromatic rings. The first-order valence-electron chi connectivity index (χ1n) is 4.98. The van der Waals surface area contributed by atoms with E-state index in [9.17, 15) is 9.90 Å². The fourth-order valence-corrected chi connectivity index (χ4v) is 1.85. The Labute approximate surface area is 98.4 Å². The number of nitrogens with zero attached hydrogens (tertiary/aromatic N) is 1. The average Bonchev–Trinajstić information content (AvgIpc) is 2.30. The van der Waals surface area contributed by atoms with E-state index in [1.165, 1.54) is 0 Å². The van der Waals surface area contributed by atoms with Gasteiger partial charge in [0.2, 0.25) is 0 Å². The van der Waals surface area contributed by atoms with Crippen molar-refractivity contribution in [2.75, 3.05) is 24.7 Å². The molecule has 1 saturated heterocycles. The quantitative estimate of drug-likeness (QED) is 0.843. The Morgan fingerprint density at radius 2 is 2.12 bits per heavy atom. The minimum absolute atomic E-state index is 0.0547. The van der Waals surface area contributed by atoms with Gasteiger partial charge in [0.25, 0.3) is 5.91 Å². The molecule has 2 rings (SSSR count). The molecule has 0 aromatic heterocycles. The van der Waals surface area contributed by atoms with Gasteiger partial charge in [0, 0.05) is 10.7 Å². The van der Waals surface area contributed by atoms with Crippen LogP contribution in [0.25, 0.3) is 0 Å². The van der Waals surface area contributed by atoms with Crippen molar-refractivity contribution in [2.24, 2.45) is 0 Å². The molecule has 1 unspecified atom stereocenters. The summed E-state index contributed by atoms with van der Waals surface area (Å²) in [6.07, 6.45) is 0. The minimum atomic E-state index is -0.317. The van der Waals surface area contributed by atoms with Gasteiger partial charge in [0.05, 0.1) is 19.3 Å². The molecular formula is C11H12ClNO3. The molecule has 1 amide bonds. The molecule has 0 saturated carbocycles. The van der Waals surface area contributed by atoms with Crippen molar-refractivity contribution in [3.05, 3.63) is 29.3 Å². The molecule has 1 aliphatic rings. The van der Waals surface area contributed by atoms with Crippen molar-refractivity contribution >= 4 is 23.2 Å². The van der Waals surface area contributed by atoms with Crippen LogP contribution in [0.4, 0.5) is 5.69 Å². The van der Waals surface area contributed by atoms with Crippen molar-refractivity contribution in [1.29, 1.82) is 0 Å². The number of benzene rings is 1. The number of amides is 1. The summed E-state index contributed by atoms with van der Waals surface area (Å²) in [5.41, 5.74) is 0.733. The first kappa shape index (κ1) is 11.4. The fraction of sp³-hybridized carbons (Fsp3) is 0.364. The Bertz CT molecular complexity index is 379. The van der Waals surface area contributed by atoms with Gasteiger partial charge in [-0.3, -0.25) is 4.79 Å². The number of ether oxygens (including phenoxy) is 1. The molecule has 4 nitrogen and oxygen atoms in total. The van der Waals surface area contributed by atoms with E-state index in [-0.39, 0.29) is 25.2 Å². The third-order valence-corrected chi connectivity index (χ3v) is 2.74. The second kappa shape index (κ2) is 4.82. The van der Waals surface area contributed by atoms with Gasteiger partial charge in [0.1, 0.15) is 6.61 Å². The van der Waals surface area contributed by atoms with Gasteiger partial charge >= 0.3 is 0 Å². The first-order valence-corrected chi connectivity index (χ1v) is 5.36. The zero-order valence-electron chi connectivity index (χ0n) is 8.60. The van der Waals surface area contributed by atoms with Crippen molar-refractivity contribution in [3.63, 3.8) is 0 Å². The lowest BCUT2D eigenvalue weighted by molar-refractivity contribution is -0.128. The van der Waals surface area contributed by atoms with Crippen LogP contribution in [0.5, 0.6) is 0 Å². The molecular weight excluding hydrogens is 230 g/mol. The zero-order chi connectivity index (χ0) is 11.5. The van der Waals surface area contributed by atoms with Crippen molar-refractivity contribution in [2.45, 2.75) is 6.04 Å². The van der Waals surface area contributed by atoms with E-state index in [1.54, 1.807) is 29.2 Å². The molecule has 1 atom stereocenters. The number of carbonyl (C=O) groups excluding carboxylic acids is 1. The van der Waals surface area contributed by atoms with E-state index in [0.29, 0.717) is 11.6 Å². The maximum absolute atomic E-state index is 11.7. The van der Waals surface area contributed by atoms with Crippen LogP contribution in [0.3, 0.4) is 0 Å². The highest BCUT2D eigenvalue weighted by Crippen LogP contribution is 2.22. The van der Waals surface area contributed by atoms with Crippen LogP contribution in [0.1, 0.15) is 0 Å². The Balaban J connectivity index is 2.28. The van der Waals surface area contributed by atoms with Crippen LogP contribution < -0.4 is 4.90 Å². The van der Waals surface area contributed by atoms with E-state index in [4.69, 9.17) is 16.3 Å². The third kappa shape index (κ3) is 2.19. The molecule has 1 fully saturated rings. The van der Waals surface area contributed by atoms with Crippen LogP contribution in [0.2, 0.25) is 5.02 Å². The van der Waals surface area contributed by atoms with Gasteiger partial charge in [-0.05, 0) is 24.3 Å². The molecule has 1 N–H and O–H groups in total. The lowest BCUT2D eigenvalue weighted by atomic mass is 10.2. The lowest BCUT2D eigenvalue weighted by Crippen LogP contribution is -2.51. The number of aliphatic hydroxyl groups is 1. The number of anilines is 1. The Morgan fingerprint density at radius 1 is 1.44 bits per heavy atom. The SMILES string of the molecule is O=C1COCC(CO)N1c1ccc(Cl)cc1. The maximum Gasteiger partial charge on any atom is 0.253 e. The van der Waals surface area contributed by atoms with Gasteiger partial charge in [-0.15, -0.1) is 0 Å². The van der Waals surface area contributed by atoms with Crippen molar-refractivity contribution in [1.82, 2.24) is 0 Å². The van der Waals surface area contributed by atoms with Crippen LogP contribution in [-0.2, 0) is 9.53 Å². The second-order valence-electron chi connectivity index (χ2n) is 3.59. The molecule has 1 heterocycles. The summed E-state index contributed by atoms with van der Waals surface area (Å²) in [4.78, 5) is 13.3. The summed E-state index contributed by atoms with van der Waals surface area (Å²) in [6.45, 7) is 0.290. The third-order valence-electron chi connectivity index (χ3n) is 2.49. The fourth-order valence-electron chi connectivity index (χ4n) is 1.72. The topological polar surface area (TPSA) is 49.8 Å². The zero-order valence-corrected chi connectivity index (χ0v) is 9.35. The summed E-state index contributed by atoms with van der Waals surface area (Å²) in [5, 5.41) is 9.81. The van der Waals surface area contributed by atoms with Gasteiger partial charge in [-0.25, -0.2) is 0 Å². The van der Waals surface area contributed by atoms with E-state index in [1.807, 2.05) is 0 Å². The first-order chi connectivity index (χ1) is 7.72. The smallest absolute Gasteiger partial charge is 0.253 e. The summed E-state index contributed by atoms with van der Waals surface area (Å²) >= 11 is 5.78. The standard InChI is InChI=1S/C11H12ClNO3/c12-8-1-3-9(4-2-8)13-10(5-14)6-16-7-11(13)15/h1-4,10,14H,5-7H2. The van der Waals surface area contributed by atoms with Gasteiger partial charge in [-0.1, -0.05) is 11.6 Å². The Morgan fingerprint density at radius 3 is 2.75 bits per heavy atom. The number of rotatable bonds is 2. The molecule has 0 spiro atoms. The minimum Gasteiger partial charge on any atom is -0.394 e. The normalized spacial score (nSPS) is 21.2. The predicted molar refractivity (Wildman–Crippen MR) is 60.6 cm³/mol. The summed E-state index contributed by atoms with van der Waals surface area (Å²) in [5.74, 6) is -0.146. The summed E-state index contributed by atoms with van der Waals surface area (Å²) < 4.78 is 5.08. The van der Waals surface area contributed by atoms with Gasteiger partial charge in [-0.2, -0.15) is 0 Å². The average molecular weight is 242 g/mol. The van der Waals surface area contributed by atoms with E-state index >= 15 is 0 Å². The van der Waals surface area contributed by atoms with E-state index in [2.05, 4.69) is 0 Å². The number of hydrogen-bond donors (Lipinski definition) is 1. The van der Waals surface area contributed by atoms with Crippen LogP contribution in [0.15, 0.2) is 24.3 Å². The summed E-state index contributed by atoms with van der Waals surface area (Å²) in [7, 11) is 0. The number of hydrogen-bond acceptors (Lipinski definition) is 3. The van der Waals surface area contributed by atoms with Crippen molar-refractivity contribution < 1.29 is 14.6 Å². The molecule has 16 heavy (non-hydrogen) atoms. The van der Waals surface area contributed by atoms with Crippen LogP contribution >= 0.6 is 11.6 Å². The highest BCUT2D eigenvalue weighted by molar-refractivity contribution is 6.30. The number of morpholine rings is 1. The van der Waals surface area contributed by atoms with Gasteiger partial charge < -0.3 is 14.7 Å². The Kier molecular flexibility index (Phi) is 3.43. The Hall–Kier alpha value is -1.10. The largest absolute Gasteiger partial charge is 0.394 e. The number of halogens is 1. The van der Waals surface area contributed by atoms with Crippen LogP contribution in [-0.4, -0.2) is 36.9 Å². The maximum atomic E-state index is 11.7. The number of aliphatic hydroxyl groups excluding tert-OH is 1. The monoisotopic (exact) mass is 241 g/mol. The molecule has 0 aliphatic carbocycles. The van der Waals surface area contributed by atoms with E-state index < -0.39 is 0 Å². The molecule has 0 bridgehead atoms.